The van der Waals surface area contributed by atoms with Crippen LogP contribution in [0.25, 0.3) is 0 Å². The highest BCUT2D eigenvalue weighted by Gasteiger charge is 2.55. The summed E-state index contributed by atoms with van der Waals surface area (Å²) in [6, 6.07) is 19.2. The minimum absolute atomic E-state index is 0.0265. The lowest BCUT2D eigenvalue weighted by Crippen LogP contribution is -2.51. The third kappa shape index (κ3) is 5.70. The average molecular weight is 576 g/mol. The van der Waals surface area contributed by atoms with Gasteiger partial charge in [-0.15, -0.1) is 8.78 Å². The second-order valence-electron chi connectivity index (χ2n) is 8.91. The number of pyridine rings is 1. The largest absolute Gasteiger partial charge is 0.540 e. The summed E-state index contributed by atoms with van der Waals surface area (Å²) < 4.78 is 78.6. The molecule has 0 unspecified atom stereocenters. The molecule has 206 valence electrons. The molecule has 3 aromatic carbocycles. The van der Waals surface area contributed by atoms with Crippen LogP contribution in [-0.2, 0) is 22.8 Å². The van der Waals surface area contributed by atoms with Gasteiger partial charge in [0.05, 0.1) is 16.3 Å². The zero-order valence-electron chi connectivity index (χ0n) is 20.3. The lowest BCUT2D eigenvalue weighted by Gasteiger charge is -2.37. The molecule has 1 aromatic heterocycles. The molecule has 0 aliphatic carbocycles. The van der Waals surface area contributed by atoms with Gasteiger partial charge in [0.1, 0.15) is 17.1 Å². The number of ether oxygens (including phenoxy) is 2. The molecule has 2 amide bonds. The van der Waals surface area contributed by atoms with Crippen molar-refractivity contribution in [2.45, 2.75) is 24.4 Å². The number of nitrogens with one attached hydrogen (secondary N) is 2. The average Bonchev–Trinajstić information content (AvgIpc) is 2.88. The minimum Gasteiger partial charge on any atom is -0.409 e. The molecule has 0 saturated heterocycles. The number of anilines is 1. The monoisotopic (exact) mass is 575 g/mol. The van der Waals surface area contributed by atoms with E-state index in [2.05, 4.69) is 25.1 Å². The van der Waals surface area contributed by atoms with Gasteiger partial charge in [0.25, 0.3) is 0 Å². The number of carbonyl (C=O) groups excluding carboxylic acids is 1. The van der Waals surface area contributed by atoms with Gasteiger partial charge in [-0.3, -0.25) is 4.98 Å². The third-order valence-corrected chi connectivity index (χ3v) is 6.37. The topological polar surface area (TPSA) is 72.5 Å². The maximum absolute atomic E-state index is 14.8. The molecule has 0 radical (unpaired) electrons. The Balaban J connectivity index is 1.67. The van der Waals surface area contributed by atoms with Crippen molar-refractivity contribution in [3.8, 4) is 5.75 Å². The van der Waals surface area contributed by atoms with Crippen molar-refractivity contribution in [2.75, 3.05) is 5.32 Å². The number of rotatable bonds is 6. The van der Waals surface area contributed by atoms with Gasteiger partial charge < -0.3 is 15.4 Å². The standard InChI is InChI=1S/C28H19ClF5N3O3/c29-19-10-12-24(35-16-19)26(15-17-5-2-1-3-6-17,37-25(38)36-21-8-4-7-20(30)14-21)18-9-11-23-22(13-18)27(31,32)40-28(33,34)39-23/h1-14,16H,15H2,(H2,36,37,38)/t26-/m0/s1. The number of carbonyl (C=O) groups is 1. The summed E-state index contributed by atoms with van der Waals surface area (Å²) >= 11 is 6.05. The number of urea groups is 1. The SMILES string of the molecule is O=C(Nc1cccc(F)c1)N[C@@](Cc1ccccc1)(c1ccc2c(c1)C(F)(F)OC(F)(F)O2)c1ccc(Cl)cn1. The van der Waals surface area contributed by atoms with Gasteiger partial charge in [-0.05, 0) is 53.6 Å². The van der Waals surface area contributed by atoms with Crippen molar-refractivity contribution < 1.29 is 36.2 Å². The minimum atomic E-state index is -4.56. The molecule has 12 heteroatoms. The Morgan fingerprint density at radius 2 is 1.73 bits per heavy atom. The van der Waals surface area contributed by atoms with E-state index in [4.69, 9.17) is 11.6 Å². The van der Waals surface area contributed by atoms with Crippen LogP contribution in [0.5, 0.6) is 5.75 Å². The van der Waals surface area contributed by atoms with Crippen molar-refractivity contribution in [3.05, 3.63) is 124 Å². The molecule has 0 fully saturated rings. The molecular weight excluding hydrogens is 557 g/mol. The Hall–Kier alpha value is -4.22. The Morgan fingerprint density at radius 3 is 2.42 bits per heavy atom. The van der Waals surface area contributed by atoms with Gasteiger partial charge in [-0.2, -0.15) is 8.78 Å². The molecular formula is C28H19ClF5N3O3. The molecule has 4 aromatic rings. The molecule has 0 saturated carbocycles. The van der Waals surface area contributed by atoms with Gasteiger partial charge in [0.15, 0.2) is 0 Å². The highest BCUT2D eigenvalue weighted by atomic mass is 35.5. The maximum atomic E-state index is 14.8. The molecule has 5 rings (SSSR count). The number of fused-ring (bicyclic) bond motifs is 1. The van der Waals surface area contributed by atoms with Gasteiger partial charge in [-0.25, -0.2) is 13.9 Å². The van der Waals surface area contributed by atoms with E-state index in [1.54, 1.807) is 30.3 Å². The van der Waals surface area contributed by atoms with Crippen molar-refractivity contribution in [2.24, 2.45) is 0 Å². The Bertz CT molecular complexity index is 1540. The summed E-state index contributed by atoms with van der Waals surface area (Å²) in [5, 5.41) is 5.59. The Morgan fingerprint density at radius 1 is 0.950 bits per heavy atom. The number of halogens is 6. The maximum Gasteiger partial charge on any atom is 0.540 e. The summed E-state index contributed by atoms with van der Waals surface area (Å²) in [6.45, 7) is 0. The molecule has 1 atom stereocenters. The number of nitrogens with zero attached hydrogens (tertiary/aromatic N) is 1. The van der Waals surface area contributed by atoms with Gasteiger partial charge in [-0.1, -0.05) is 54.1 Å². The lowest BCUT2D eigenvalue weighted by molar-refractivity contribution is -0.461. The molecule has 0 bridgehead atoms. The zero-order valence-corrected chi connectivity index (χ0v) is 21.1. The van der Waals surface area contributed by atoms with E-state index in [9.17, 15) is 26.7 Å². The van der Waals surface area contributed by atoms with Crippen LogP contribution in [0.1, 0.15) is 22.4 Å². The van der Waals surface area contributed by atoms with Gasteiger partial charge in [0, 0.05) is 18.3 Å². The predicted molar refractivity (Wildman–Crippen MR) is 136 cm³/mol. The van der Waals surface area contributed by atoms with Crippen LogP contribution in [0.2, 0.25) is 5.02 Å². The highest BCUT2D eigenvalue weighted by Crippen LogP contribution is 2.48. The number of hydrogen-bond acceptors (Lipinski definition) is 4. The fraction of sp³-hybridized carbons (Fsp3) is 0.143. The van der Waals surface area contributed by atoms with Crippen LogP contribution in [0, 0.1) is 5.82 Å². The number of benzene rings is 3. The first-order valence-corrected chi connectivity index (χ1v) is 12.1. The molecule has 6 nitrogen and oxygen atoms in total. The second-order valence-corrected chi connectivity index (χ2v) is 9.35. The number of alkyl halides is 4. The number of hydrogen-bond donors (Lipinski definition) is 2. The van der Waals surface area contributed by atoms with Crippen LogP contribution in [0.4, 0.5) is 32.4 Å². The first-order valence-electron chi connectivity index (χ1n) is 11.8. The Labute approximate surface area is 229 Å². The van der Waals surface area contributed by atoms with E-state index >= 15 is 0 Å². The lowest BCUT2D eigenvalue weighted by atomic mass is 9.79. The molecule has 2 heterocycles. The van der Waals surface area contributed by atoms with Crippen molar-refractivity contribution in [1.29, 1.82) is 0 Å². The van der Waals surface area contributed by atoms with E-state index in [-0.39, 0.29) is 28.4 Å². The number of aromatic nitrogens is 1. The molecule has 40 heavy (non-hydrogen) atoms. The number of amides is 2. The van der Waals surface area contributed by atoms with E-state index in [0.717, 1.165) is 18.2 Å². The van der Waals surface area contributed by atoms with Crippen LogP contribution in [0.3, 0.4) is 0 Å². The first kappa shape index (κ1) is 27.4. The van der Waals surface area contributed by atoms with E-state index in [1.807, 2.05) is 0 Å². The first-order chi connectivity index (χ1) is 19.0. The fourth-order valence-electron chi connectivity index (χ4n) is 4.44. The Kier molecular flexibility index (Phi) is 7.11. The predicted octanol–water partition coefficient (Wildman–Crippen LogP) is 7.19. The summed E-state index contributed by atoms with van der Waals surface area (Å²) in [5.74, 6) is -1.40. The van der Waals surface area contributed by atoms with E-state index in [0.29, 0.717) is 5.56 Å². The quantitative estimate of drug-likeness (QED) is 0.239. The van der Waals surface area contributed by atoms with Crippen molar-refractivity contribution >= 4 is 23.3 Å². The summed E-state index contributed by atoms with van der Waals surface area (Å²) in [7, 11) is 0. The van der Waals surface area contributed by atoms with E-state index < -0.39 is 41.1 Å². The van der Waals surface area contributed by atoms with Gasteiger partial charge in [0.2, 0.25) is 0 Å². The van der Waals surface area contributed by atoms with Crippen molar-refractivity contribution in [1.82, 2.24) is 10.3 Å². The summed E-state index contributed by atoms with van der Waals surface area (Å²) in [6.07, 6.45) is -7.70. The molecule has 1 aliphatic heterocycles. The van der Waals surface area contributed by atoms with Crippen LogP contribution >= 0.6 is 11.6 Å². The van der Waals surface area contributed by atoms with Gasteiger partial charge >= 0.3 is 18.4 Å². The smallest absolute Gasteiger partial charge is 0.409 e. The van der Waals surface area contributed by atoms with Crippen LogP contribution in [-0.4, -0.2) is 17.3 Å². The second kappa shape index (κ2) is 10.4. The van der Waals surface area contributed by atoms with E-state index in [1.165, 1.54) is 42.6 Å². The zero-order chi connectivity index (χ0) is 28.5. The normalized spacial score (nSPS) is 16.6. The summed E-state index contributed by atoms with van der Waals surface area (Å²) in [5.41, 5.74) is -1.65. The molecule has 1 aliphatic rings. The summed E-state index contributed by atoms with van der Waals surface area (Å²) in [4.78, 5) is 17.7. The van der Waals surface area contributed by atoms with Crippen molar-refractivity contribution in [3.63, 3.8) is 0 Å². The van der Waals surface area contributed by atoms with Crippen LogP contribution in [0.15, 0.2) is 91.1 Å². The fourth-order valence-corrected chi connectivity index (χ4v) is 4.55. The van der Waals surface area contributed by atoms with Crippen LogP contribution < -0.4 is 15.4 Å². The highest BCUT2D eigenvalue weighted by molar-refractivity contribution is 6.30. The molecule has 0 spiro atoms. The third-order valence-electron chi connectivity index (χ3n) is 6.15. The molecule has 2 N–H and O–H groups in total.